The largest absolute Gasteiger partial charge is 0.309 e. The number of piperidine rings is 1. The number of likely N-dealkylation sites (tertiary alicyclic amines) is 1. The third-order valence-corrected chi connectivity index (χ3v) is 3.85. The van der Waals surface area contributed by atoms with Crippen molar-refractivity contribution in [2.45, 2.75) is 46.1 Å². The average molecular weight is 288 g/mol. The second-order valence-electron chi connectivity index (χ2n) is 5.78. The molecule has 1 saturated heterocycles. The van der Waals surface area contributed by atoms with Crippen LogP contribution in [0.25, 0.3) is 0 Å². The molecular formula is C17H24N2O2. The van der Waals surface area contributed by atoms with Crippen LogP contribution in [0.4, 0.5) is 0 Å². The van der Waals surface area contributed by atoms with Crippen LogP contribution in [0.15, 0.2) is 18.2 Å². The van der Waals surface area contributed by atoms with E-state index in [9.17, 15) is 9.59 Å². The van der Waals surface area contributed by atoms with Gasteiger partial charge in [0, 0.05) is 19.4 Å². The number of carbonyl (C=O) groups is 2. The van der Waals surface area contributed by atoms with E-state index >= 15 is 0 Å². The van der Waals surface area contributed by atoms with Gasteiger partial charge in [-0.1, -0.05) is 36.2 Å². The first-order valence-electron chi connectivity index (χ1n) is 7.66. The monoisotopic (exact) mass is 288 g/mol. The van der Waals surface area contributed by atoms with E-state index in [2.05, 4.69) is 37.4 Å². The highest BCUT2D eigenvalue weighted by atomic mass is 16.2. The number of hydrogen-bond donors (Lipinski definition) is 1. The SMILES string of the molecule is CCNC(CN1C(=O)CCCC1=O)c1cc(C)cc(C)c1. The number of likely N-dealkylation sites (N-methyl/N-ethyl adjacent to an activating group) is 1. The van der Waals surface area contributed by atoms with Gasteiger partial charge in [-0.3, -0.25) is 14.5 Å². The first-order chi connectivity index (χ1) is 10.0. The fourth-order valence-corrected chi connectivity index (χ4v) is 2.93. The van der Waals surface area contributed by atoms with Crippen molar-refractivity contribution in [2.75, 3.05) is 13.1 Å². The summed E-state index contributed by atoms with van der Waals surface area (Å²) in [6, 6.07) is 6.38. The van der Waals surface area contributed by atoms with Crippen molar-refractivity contribution in [1.29, 1.82) is 0 Å². The summed E-state index contributed by atoms with van der Waals surface area (Å²) in [5, 5.41) is 3.40. The molecule has 0 saturated carbocycles. The Morgan fingerprint density at radius 2 is 1.67 bits per heavy atom. The lowest BCUT2D eigenvalue weighted by Crippen LogP contribution is -2.45. The molecule has 4 heteroatoms. The van der Waals surface area contributed by atoms with Crippen molar-refractivity contribution in [3.63, 3.8) is 0 Å². The van der Waals surface area contributed by atoms with Gasteiger partial charge in [-0.05, 0) is 32.4 Å². The molecule has 1 aliphatic heterocycles. The van der Waals surface area contributed by atoms with Crippen LogP contribution < -0.4 is 5.32 Å². The molecule has 0 spiro atoms. The molecule has 2 amide bonds. The molecule has 2 rings (SSSR count). The standard InChI is InChI=1S/C17H24N2O2/c1-4-18-15(14-9-12(2)8-13(3)10-14)11-19-16(20)6-5-7-17(19)21/h8-10,15,18H,4-7,11H2,1-3H3. The summed E-state index contributed by atoms with van der Waals surface area (Å²) in [6.45, 7) is 7.39. The molecule has 4 nitrogen and oxygen atoms in total. The number of amides is 2. The molecule has 1 aliphatic rings. The molecule has 0 aromatic heterocycles. The predicted octanol–water partition coefficient (Wildman–Crippen LogP) is 2.49. The van der Waals surface area contributed by atoms with Gasteiger partial charge >= 0.3 is 0 Å². The summed E-state index contributed by atoms with van der Waals surface area (Å²) in [4.78, 5) is 25.4. The third kappa shape index (κ3) is 3.91. The Morgan fingerprint density at radius 3 is 2.19 bits per heavy atom. The highest BCUT2D eigenvalue weighted by molar-refractivity contribution is 5.97. The third-order valence-electron chi connectivity index (χ3n) is 3.85. The van der Waals surface area contributed by atoms with Crippen molar-refractivity contribution in [3.05, 3.63) is 34.9 Å². The summed E-state index contributed by atoms with van der Waals surface area (Å²) >= 11 is 0. The van der Waals surface area contributed by atoms with E-state index in [1.165, 1.54) is 16.0 Å². The Morgan fingerprint density at radius 1 is 1.10 bits per heavy atom. The van der Waals surface area contributed by atoms with E-state index in [-0.39, 0.29) is 17.9 Å². The maximum absolute atomic E-state index is 12.0. The van der Waals surface area contributed by atoms with E-state index in [4.69, 9.17) is 0 Å². The van der Waals surface area contributed by atoms with Crippen LogP contribution in [0, 0.1) is 13.8 Å². The average Bonchev–Trinajstić information content (AvgIpc) is 2.40. The number of hydrogen-bond acceptors (Lipinski definition) is 3. The fraction of sp³-hybridized carbons (Fsp3) is 0.529. The molecule has 1 aromatic carbocycles. The normalized spacial score (nSPS) is 17.2. The topological polar surface area (TPSA) is 49.4 Å². The van der Waals surface area contributed by atoms with Crippen LogP contribution in [0.5, 0.6) is 0 Å². The van der Waals surface area contributed by atoms with Gasteiger partial charge in [0.05, 0.1) is 6.04 Å². The second kappa shape index (κ2) is 6.85. The highest BCUT2D eigenvalue weighted by Gasteiger charge is 2.28. The van der Waals surface area contributed by atoms with Gasteiger partial charge in [-0.25, -0.2) is 0 Å². The number of benzene rings is 1. The Labute approximate surface area is 126 Å². The first kappa shape index (κ1) is 15.7. The number of carbonyl (C=O) groups excluding carboxylic acids is 2. The maximum atomic E-state index is 12.0. The van der Waals surface area contributed by atoms with Crippen molar-refractivity contribution in [3.8, 4) is 0 Å². The molecule has 21 heavy (non-hydrogen) atoms. The number of nitrogens with one attached hydrogen (secondary N) is 1. The molecule has 1 aromatic rings. The Hall–Kier alpha value is -1.68. The minimum absolute atomic E-state index is 0.000370. The van der Waals surface area contributed by atoms with Gasteiger partial charge < -0.3 is 5.32 Å². The minimum atomic E-state index is -0.0430. The number of aryl methyl sites for hydroxylation is 2. The number of rotatable bonds is 5. The maximum Gasteiger partial charge on any atom is 0.229 e. The van der Waals surface area contributed by atoms with Crippen LogP contribution >= 0.6 is 0 Å². The van der Waals surface area contributed by atoms with E-state index < -0.39 is 0 Å². The van der Waals surface area contributed by atoms with Crippen molar-refractivity contribution < 1.29 is 9.59 Å². The van der Waals surface area contributed by atoms with Crippen molar-refractivity contribution >= 4 is 11.8 Å². The second-order valence-corrected chi connectivity index (χ2v) is 5.78. The zero-order valence-corrected chi connectivity index (χ0v) is 13.1. The van der Waals surface area contributed by atoms with Gasteiger partial charge in [0.2, 0.25) is 11.8 Å². The zero-order valence-electron chi connectivity index (χ0n) is 13.1. The van der Waals surface area contributed by atoms with E-state index in [0.29, 0.717) is 25.8 Å². The zero-order chi connectivity index (χ0) is 15.4. The van der Waals surface area contributed by atoms with Crippen molar-refractivity contribution in [1.82, 2.24) is 10.2 Å². The molecule has 1 unspecified atom stereocenters. The van der Waals surface area contributed by atoms with Gasteiger partial charge in [0.15, 0.2) is 0 Å². The smallest absolute Gasteiger partial charge is 0.229 e. The van der Waals surface area contributed by atoms with Crippen LogP contribution in [0.1, 0.15) is 48.9 Å². The summed E-state index contributed by atoms with van der Waals surface area (Å²) in [7, 11) is 0. The van der Waals surface area contributed by atoms with Gasteiger partial charge in [-0.2, -0.15) is 0 Å². The molecule has 0 bridgehead atoms. The van der Waals surface area contributed by atoms with Crippen LogP contribution in [0.2, 0.25) is 0 Å². The minimum Gasteiger partial charge on any atom is -0.309 e. The highest BCUT2D eigenvalue weighted by Crippen LogP contribution is 2.21. The number of nitrogens with zero attached hydrogens (tertiary/aromatic N) is 1. The van der Waals surface area contributed by atoms with E-state index in [1.807, 2.05) is 6.92 Å². The quantitative estimate of drug-likeness (QED) is 0.847. The van der Waals surface area contributed by atoms with Crippen molar-refractivity contribution in [2.24, 2.45) is 0 Å². The Kier molecular flexibility index (Phi) is 5.12. The van der Waals surface area contributed by atoms with E-state index in [0.717, 1.165) is 12.1 Å². The lowest BCUT2D eigenvalue weighted by atomic mass is 9.99. The fourth-order valence-electron chi connectivity index (χ4n) is 2.93. The van der Waals surface area contributed by atoms with Gasteiger partial charge in [-0.15, -0.1) is 0 Å². The van der Waals surface area contributed by atoms with Crippen LogP contribution in [0.3, 0.4) is 0 Å². The van der Waals surface area contributed by atoms with Crippen LogP contribution in [-0.2, 0) is 9.59 Å². The lowest BCUT2D eigenvalue weighted by molar-refractivity contribution is -0.148. The lowest BCUT2D eigenvalue weighted by Gasteiger charge is -2.30. The van der Waals surface area contributed by atoms with Crippen LogP contribution in [-0.4, -0.2) is 29.8 Å². The van der Waals surface area contributed by atoms with Gasteiger partial charge in [0.1, 0.15) is 0 Å². The Balaban J connectivity index is 2.22. The molecular weight excluding hydrogens is 264 g/mol. The first-order valence-corrected chi connectivity index (χ1v) is 7.66. The number of imide groups is 1. The summed E-state index contributed by atoms with van der Waals surface area (Å²) in [5.41, 5.74) is 3.54. The summed E-state index contributed by atoms with van der Waals surface area (Å²) < 4.78 is 0. The van der Waals surface area contributed by atoms with E-state index in [1.54, 1.807) is 0 Å². The molecule has 0 radical (unpaired) electrons. The molecule has 114 valence electrons. The molecule has 1 fully saturated rings. The molecule has 0 aliphatic carbocycles. The molecule has 1 heterocycles. The molecule has 1 atom stereocenters. The summed E-state index contributed by atoms with van der Waals surface area (Å²) in [5.74, 6) is -0.0861. The van der Waals surface area contributed by atoms with Gasteiger partial charge in [0.25, 0.3) is 0 Å². The summed E-state index contributed by atoms with van der Waals surface area (Å²) in [6.07, 6.45) is 1.65. The Bertz CT molecular complexity index is 503. The predicted molar refractivity (Wildman–Crippen MR) is 82.9 cm³/mol. The molecule has 1 N–H and O–H groups in total.